The maximum absolute atomic E-state index is 14.0. The summed E-state index contributed by atoms with van der Waals surface area (Å²) >= 11 is 0. The van der Waals surface area contributed by atoms with E-state index >= 15 is 0 Å². The summed E-state index contributed by atoms with van der Waals surface area (Å²) in [6, 6.07) is 16.6. The van der Waals surface area contributed by atoms with Gasteiger partial charge in [0.05, 0.1) is 34.6 Å². The fraction of sp³-hybridized carbons (Fsp3) is 0.185. The highest BCUT2D eigenvalue weighted by Gasteiger charge is 2.29. The number of rotatable bonds is 7. The van der Waals surface area contributed by atoms with Crippen LogP contribution in [-0.2, 0) is 9.84 Å². The van der Waals surface area contributed by atoms with Gasteiger partial charge in [-0.15, -0.1) is 0 Å². The van der Waals surface area contributed by atoms with Crippen LogP contribution in [0.5, 0.6) is 11.5 Å². The molecule has 0 amide bonds. The Morgan fingerprint density at radius 3 is 2.26 bits per heavy atom. The molecule has 0 N–H and O–H groups in total. The molecule has 4 rings (SSSR count). The molecule has 4 aromatic rings. The smallest absolute Gasteiger partial charge is 0.208 e. The Hall–Kier alpha value is -3.71. The Bertz CT molecular complexity index is 1490. The molecule has 1 aromatic heterocycles. The molecule has 0 saturated heterocycles. The van der Waals surface area contributed by atoms with Gasteiger partial charge in [0.15, 0.2) is 5.78 Å². The third kappa shape index (κ3) is 4.26. The van der Waals surface area contributed by atoms with E-state index in [9.17, 15) is 13.2 Å². The topological polar surface area (TPSA) is 82.6 Å². The summed E-state index contributed by atoms with van der Waals surface area (Å²) in [6.45, 7) is 6.04. The van der Waals surface area contributed by atoms with Crippen LogP contribution in [0.4, 0.5) is 0 Å². The molecule has 0 aliphatic carbocycles. The van der Waals surface area contributed by atoms with Crippen molar-refractivity contribution in [3.63, 3.8) is 0 Å². The number of benzene rings is 3. The number of methoxy groups -OCH3 is 1. The molecule has 7 heteroatoms. The standard InChI is InChI=1S/C27H25NO5S/c1-5-33-21-11-13-25-23(15-21)27(34(30,31)22-12-6-17(2)18(3)14-22)24(16-28-25)26(29)19-7-9-20(32-4)10-8-19/h6-16H,5H2,1-4H3. The quantitative estimate of drug-likeness (QED) is 0.336. The van der Waals surface area contributed by atoms with Crippen molar-refractivity contribution < 1.29 is 22.7 Å². The predicted octanol–water partition coefficient (Wildman–Crippen LogP) is 5.32. The van der Waals surface area contributed by atoms with Crippen LogP contribution < -0.4 is 9.47 Å². The first-order chi connectivity index (χ1) is 16.3. The van der Waals surface area contributed by atoms with Crippen molar-refractivity contribution in [2.75, 3.05) is 13.7 Å². The number of carbonyl (C=O) groups is 1. The fourth-order valence-corrected chi connectivity index (χ4v) is 5.45. The zero-order valence-corrected chi connectivity index (χ0v) is 20.3. The Morgan fingerprint density at radius 2 is 1.62 bits per heavy atom. The van der Waals surface area contributed by atoms with Crippen LogP contribution in [0.3, 0.4) is 0 Å². The van der Waals surface area contributed by atoms with Crippen molar-refractivity contribution in [1.29, 1.82) is 0 Å². The van der Waals surface area contributed by atoms with E-state index in [2.05, 4.69) is 4.98 Å². The van der Waals surface area contributed by atoms with Gasteiger partial charge < -0.3 is 9.47 Å². The van der Waals surface area contributed by atoms with Crippen LogP contribution in [0.25, 0.3) is 10.9 Å². The van der Waals surface area contributed by atoms with Crippen LogP contribution in [0.1, 0.15) is 34.0 Å². The number of hydrogen-bond donors (Lipinski definition) is 0. The lowest BCUT2D eigenvalue weighted by Gasteiger charge is -2.15. The number of aryl methyl sites for hydroxylation is 2. The van der Waals surface area contributed by atoms with Crippen molar-refractivity contribution in [2.45, 2.75) is 30.6 Å². The van der Waals surface area contributed by atoms with E-state index in [0.29, 0.717) is 34.6 Å². The number of aromatic nitrogens is 1. The second kappa shape index (κ2) is 9.27. The number of pyridine rings is 1. The molecule has 0 atom stereocenters. The molecule has 0 bridgehead atoms. The minimum Gasteiger partial charge on any atom is -0.497 e. The number of carbonyl (C=O) groups excluding carboxylic acids is 1. The van der Waals surface area contributed by atoms with E-state index in [4.69, 9.17) is 9.47 Å². The van der Waals surface area contributed by atoms with Crippen LogP contribution in [0, 0.1) is 13.8 Å². The SMILES string of the molecule is CCOc1ccc2ncc(C(=O)c3ccc(OC)cc3)c(S(=O)(=O)c3ccc(C)c(C)c3)c2c1. The lowest BCUT2D eigenvalue weighted by Crippen LogP contribution is -2.13. The molecule has 0 saturated carbocycles. The van der Waals surface area contributed by atoms with Gasteiger partial charge in [-0.3, -0.25) is 9.78 Å². The summed E-state index contributed by atoms with van der Waals surface area (Å²) < 4.78 is 38.8. The number of nitrogens with zero attached hydrogens (tertiary/aromatic N) is 1. The average Bonchev–Trinajstić information content (AvgIpc) is 2.84. The number of sulfone groups is 1. The molecular weight excluding hydrogens is 450 g/mol. The molecule has 34 heavy (non-hydrogen) atoms. The summed E-state index contributed by atoms with van der Waals surface area (Å²) in [5.74, 6) is 0.654. The van der Waals surface area contributed by atoms with Crippen molar-refractivity contribution >= 4 is 26.5 Å². The molecule has 0 radical (unpaired) electrons. The van der Waals surface area contributed by atoms with Gasteiger partial charge >= 0.3 is 0 Å². The summed E-state index contributed by atoms with van der Waals surface area (Å²) in [7, 11) is -2.54. The van der Waals surface area contributed by atoms with Gasteiger partial charge in [0.2, 0.25) is 9.84 Å². The summed E-state index contributed by atoms with van der Waals surface area (Å²) in [6.07, 6.45) is 1.34. The maximum Gasteiger partial charge on any atom is 0.208 e. The second-order valence-corrected chi connectivity index (χ2v) is 9.81. The first-order valence-corrected chi connectivity index (χ1v) is 12.3. The largest absolute Gasteiger partial charge is 0.497 e. The van der Waals surface area contributed by atoms with Gasteiger partial charge in [-0.25, -0.2) is 8.42 Å². The molecule has 0 spiro atoms. The highest BCUT2D eigenvalue weighted by Crippen LogP contribution is 2.34. The van der Waals surface area contributed by atoms with Crippen LogP contribution in [0.15, 0.2) is 76.7 Å². The predicted molar refractivity (Wildman–Crippen MR) is 131 cm³/mol. The third-order valence-electron chi connectivity index (χ3n) is 5.76. The van der Waals surface area contributed by atoms with Crippen molar-refractivity contribution in [2.24, 2.45) is 0 Å². The number of ketones is 1. The van der Waals surface area contributed by atoms with Crippen LogP contribution >= 0.6 is 0 Å². The van der Waals surface area contributed by atoms with Crippen molar-refractivity contribution in [1.82, 2.24) is 4.98 Å². The van der Waals surface area contributed by atoms with E-state index in [-0.39, 0.29) is 15.4 Å². The molecule has 1 heterocycles. The third-order valence-corrected chi connectivity index (χ3v) is 7.61. The van der Waals surface area contributed by atoms with Crippen molar-refractivity contribution in [3.05, 3.63) is 89.1 Å². The lowest BCUT2D eigenvalue weighted by molar-refractivity contribution is 0.103. The number of hydrogen-bond acceptors (Lipinski definition) is 6. The second-order valence-electron chi connectivity index (χ2n) is 7.92. The van der Waals surface area contributed by atoms with Gasteiger partial charge in [0, 0.05) is 17.1 Å². The average molecular weight is 476 g/mol. The lowest BCUT2D eigenvalue weighted by atomic mass is 10.0. The van der Waals surface area contributed by atoms with E-state index in [0.717, 1.165) is 11.1 Å². The molecule has 0 aliphatic rings. The summed E-state index contributed by atoms with van der Waals surface area (Å²) in [4.78, 5) is 18.0. The van der Waals surface area contributed by atoms with Crippen molar-refractivity contribution in [3.8, 4) is 11.5 Å². The molecule has 6 nitrogen and oxygen atoms in total. The molecular formula is C27H25NO5S. The summed E-state index contributed by atoms with van der Waals surface area (Å²) in [5.41, 5.74) is 2.62. The zero-order valence-electron chi connectivity index (χ0n) is 19.5. The first kappa shape index (κ1) is 23.4. The van der Waals surface area contributed by atoms with E-state index in [1.807, 2.05) is 20.8 Å². The van der Waals surface area contributed by atoms with Gasteiger partial charge in [-0.2, -0.15) is 0 Å². The van der Waals surface area contributed by atoms with Crippen LogP contribution in [-0.4, -0.2) is 32.9 Å². The van der Waals surface area contributed by atoms with Gasteiger partial charge in [-0.05, 0) is 86.5 Å². The number of ether oxygens (including phenoxy) is 2. The Balaban J connectivity index is 2.01. The van der Waals surface area contributed by atoms with E-state index < -0.39 is 15.6 Å². The fourth-order valence-electron chi connectivity index (χ4n) is 3.75. The van der Waals surface area contributed by atoms with Crippen LogP contribution in [0.2, 0.25) is 0 Å². The molecule has 0 aliphatic heterocycles. The van der Waals surface area contributed by atoms with E-state index in [1.165, 1.54) is 13.3 Å². The first-order valence-electron chi connectivity index (χ1n) is 10.8. The van der Waals surface area contributed by atoms with Gasteiger partial charge in [0.25, 0.3) is 0 Å². The molecule has 0 fully saturated rings. The maximum atomic E-state index is 14.0. The van der Waals surface area contributed by atoms with E-state index in [1.54, 1.807) is 60.7 Å². The zero-order chi connectivity index (χ0) is 24.5. The van der Waals surface area contributed by atoms with Gasteiger partial charge in [-0.1, -0.05) is 6.07 Å². The summed E-state index contributed by atoms with van der Waals surface area (Å²) in [5, 5.41) is 0.337. The highest BCUT2D eigenvalue weighted by molar-refractivity contribution is 7.91. The van der Waals surface area contributed by atoms with Gasteiger partial charge in [0.1, 0.15) is 11.5 Å². The Kier molecular flexibility index (Phi) is 6.39. The molecule has 0 unspecified atom stereocenters. The normalized spacial score (nSPS) is 11.4. The molecule has 3 aromatic carbocycles. The highest BCUT2D eigenvalue weighted by atomic mass is 32.2. The number of fused-ring (bicyclic) bond motifs is 1. The monoisotopic (exact) mass is 475 g/mol. The minimum absolute atomic E-state index is 0.00421. The Labute approximate surface area is 199 Å². The molecule has 174 valence electrons. The Morgan fingerprint density at radius 1 is 0.912 bits per heavy atom. The minimum atomic E-state index is -4.07.